The van der Waals surface area contributed by atoms with Crippen LogP contribution in [0.15, 0.2) is 54.6 Å². The molecule has 2 heteroatoms. The molecule has 0 atom stereocenters. The second kappa shape index (κ2) is 8.48. The smallest absolute Gasteiger partial charge is 0.120 e. The summed E-state index contributed by atoms with van der Waals surface area (Å²) in [6.07, 6.45) is 2.51. The number of ether oxygens (including phenoxy) is 1. The van der Waals surface area contributed by atoms with Crippen molar-refractivity contribution in [1.82, 2.24) is 5.32 Å². The van der Waals surface area contributed by atoms with Crippen molar-refractivity contribution in [3.8, 4) is 5.75 Å². The molecule has 0 saturated heterocycles. The largest absolute Gasteiger partial charge is 0.491 e. The maximum absolute atomic E-state index is 5.71. The van der Waals surface area contributed by atoms with E-state index in [0.29, 0.717) is 0 Å². The van der Waals surface area contributed by atoms with Gasteiger partial charge in [0.15, 0.2) is 0 Å². The van der Waals surface area contributed by atoms with Crippen molar-refractivity contribution in [3.05, 3.63) is 65.7 Å². The van der Waals surface area contributed by atoms with Crippen molar-refractivity contribution >= 4 is 0 Å². The zero-order valence-corrected chi connectivity index (χ0v) is 13.0. The van der Waals surface area contributed by atoms with Crippen LogP contribution in [0.4, 0.5) is 0 Å². The summed E-state index contributed by atoms with van der Waals surface area (Å²) in [6.45, 7) is 6.03. The summed E-state index contributed by atoms with van der Waals surface area (Å²) in [5, 5.41) is 3.50. The molecular formula is C19H25NO. The van der Waals surface area contributed by atoms with E-state index in [1.54, 1.807) is 0 Å². The standard InChI is InChI=1S/C19H25NO/c1-16(2)21-19-12-6-10-18(14-19)15-20-13-7-11-17-8-4-3-5-9-17/h3-6,8-10,12,14,16,20H,7,11,13,15H2,1-2H3. The van der Waals surface area contributed by atoms with Crippen LogP contribution in [0, 0.1) is 0 Å². The minimum atomic E-state index is 0.221. The van der Waals surface area contributed by atoms with E-state index in [9.17, 15) is 0 Å². The van der Waals surface area contributed by atoms with Crippen LogP contribution in [-0.4, -0.2) is 12.6 Å². The molecule has 0 aliphatic heterocycles. The first-order chi connectivity index (χ1) is 10.2. The maximum atomic E-state index is 5.71. The number of benzene rings is 2. The quantitative estimate of drug-likeness (QED) is 0.733. The van der Waals surface area contributed by atoms with Gasteiger partial charge in [-0.15, -0.1) is 0 Å². The molecule has 0 aliphatic carbocycles. The molecule has 0 fully saturated rings. The molecule has 112 valence electrons. The van der Waals surface area contributed by atoms with Crippen LogP contribution in [0.25, 0.3) is 0 Å². The molecule has 0 aromatic heterocycles. The Morgan fingerprint density at radius 1 is 0.952 bits per heavy atom. The third kappa shape index (κ3) is 6.01. The molecular weight excluding hydrogens is 258 g/mol. The molecule has 0 amide bonds. The number of hydrogen-bond acceptors (Lipinski definition) is 2. The lowest BCUT2D eigenvalue weighted by Crippen LogP contribution is -2.15. The van der Waals surface area contributed by atoms with E-state index < -0.39 is 0 Å². The van der Waals surface area contributed by atoms with Gasteiger partial charge in [0.25, 0.3) is 0 Å². The number of nitrogens with one attached hydrogen (secondary N) is 1. The summed E-state index contributed by atoms with van der Waals surface area (Å²) in [6, 6.07) is 19.0. The van der Waals surface area contributed by atoms with Crippen LogP contribution in [0.2, 0.25) is 0 Å². The molecule has 21 heavy (non-hydrogen) atoms. The highest BCUT2D eigenvalue weighted by Gasteiger charge is 1.99. The van der Waals surface area contributed by atoms with E-state index in [-0.39, 0.29) is 6.10 Å². The third-order valence-corrected chi connectivity index (χ3v) is 3.26. The van der Waals surface area contributed by atoms with Crippen LogP contribution in [0.5, 0.6) is 5.75 Å². The molecule has 0 heterocycles. The Morgan fingerprint density at radius 2 is 1.71 bits per heavy atom. The van der Waals surface area contributed by atoms with Crippen LogP contribution < -0.4 is 10.1 Å². The number of aryl methyl sites for hydroxylation is 1. The van der Waals surface area contributed by atoms with Crippen LogP contribution in [0.1, 0.15) is 31.4 Å². The highest BCUT2D eigenvalue weighted by Crippen LogP contribution is 2.14. The van der Waals surface area contributed by atoms with Gasteiger partial charge in [-0.05, 0) is 56.5 Å². The van der Waals surface area contributed by atoms with Crippen molar-refractivity contribution < 1.29 is 4.74 Å². The monoisotopic (exact) mass is 283 g/mol. The SMILES string of the molecule is CC(C)Oc1cccc(CNCCCc2ccccc2)c1. The predicted molar refractivity (Wildman–Crippen MR) is 88.7 cm³/mol. The average Bonchev–Trinajstić information content (AvgIpc) is 2.48. The fraction of sp³-hybridized carbons (Fsp3) is 0.368. The molecule has 2 aromatic rings. The first kappa shape index (κ1) is 15.6. The molecule has 0 saturated carbocycles. The lowest BCUT2D eigenvalue weighted by atomic mass is 10.1. The first-order valence-corrected chi connectivity index (χ1v) is 7.74. The average molecular weight is 283 g/mol. The van der Waals surface area contributed by atoms with Gasteiger partial charge in [-0.3, -0.25) is 0 Å². The molecule has 1 N–H and O–H groups in total. The normalized spacial score (nSPS) is 10.8. The van der Waals surface area contributed by atoms with Crippen molar-refractivity contribution in [2.45, 2.75) is 39.3 Å². The van der Waals surface area contributed by atoms with E-state index in [4.69, 9.17) is 4.74 Å². The summed E-state index contributed by atoms with van der Waals surface area (Å²) in [5.41, 5.74) is 2.68. The topological polar surface area (TPSA) is 21.3 Å². The molecule has 0 unspecified atom stereocenters. The van der Waals surface area contributed by atoms with Gasteiger partial charge in [-0.25, -0.2) is 0 Å². The Kier molecular flexibility index (Phi) is 6.29. The van der Waals surface area contributed by atoms with Gasteiger partial charge in [0.2, 0.25) is 0 Å². The molecule has 0 aliphatic rings. The predicted octanol–water partition coefficient (Wildman–Crippen LogP) is 4.20. The third-order valence-electron chi connectivity index (χ3n) is 3.26. The van der Waals surface area contributed by atoms with Crippen molar-refractivity contribution in [2.24, 2.45) is 0 Å². The minimum absolute atomic E-state index is 0.221. The summed E-state index contributed by atoms with van der Waals surface area (Å²) in [4.78, 5) is 0. The van der Waals surface area contributed by atoms with Crippen LogP contribution in [-0.2, 0) is 13.0 Å². The molecule has 2 nitrogen and oxygen atoms in total. The minimum Gasteiger partial charge on any atom is -0.491 e. The van der Waals surface area contributed by atoms with Gasteiger partial charge in [0.05, 0.1) is 6.10 Å². The first-order valence-electron chi connectivity index (χ1n) is 7.74. The molecule has 2 rings (SSSR count). The van der Waals surface area contributed by atoms with Gasteiger partial charge >= 0.3 is 0 Å². The second-order valence-electron chi connectivity index (χ2n) is 5.58. The fourth-order valence-corrected chi connectivity index (χ4v) is 2.30. The fourth-order valence-electron chi connectivity index (χ4n) is 2.30. The van der Waals surface area contributed by atoms with E-state index >= 15 is 0 Å². The van der Waals surface area contributed by atoms with Crippen molar-refractivity contribution in [3.63, 3.8) is 0 Å². The van der Waals surface area contributed by atoms with Gasteiger partial charge < -0.3 is 10.1 Å². The van der Waals surface area contributed by atoms with Crippen LogP contribution in [0.3, 0.4) is 0 Å². The Morgan fingerprint density at radius 3 is 2.48 bits per heavy atom. The highest BCUT2D eigenvalue weighted by molar-refractivity contribution is 5.28. The second-order valence-corrected chi connectivity index (χ2v) is 5.58. The number of rotatable bonds is 8. The van der Waals surface area contributed by atoms with E-state index in [1.165, 1.54) is 11.1 Å². The zero-order chi connectivity index (χ0) is 14.9. The summed E-state index contributed by atoms with van der Waals surface area (Å²) in [7, 11) is 0. The Bertz CT molecular complexity index is 522. The lowest BCUT2D eigenvalue weighted by molar-refractivity contribution is 0.242. The van der Waals surface area contributed by atoms with Crippen molar-refractivity contribution in [2.75, 3.05) is 6.54 Å². The van der Waals surface area contributed by atoms with E-state index in [2.05, 4.69) is 67.7 Å². The van der Waals surface area contributed by atoms with Crippen molar-refractivity contribution in [1.29, 1.82) is 0 Å². The maximum Gasteiger partial charge on any atom is 0.120 e. The van der Waals surface area contributed by atoms with E-state index in [0.717, 1.165) is 31.7 Å². The molecule has 0 spiro atoms. The van der Waals surface area contributed by atoms with Gasteiger partial charge in [-0.2, -0.15) is 0 Å². The molecule has 0 radical (unpaired) electrons. The summed E-state index contributed by atoms with van der Waals surface area (Å²) in [5.74, 6) is 0.952. The van der Waals surface area contributed by atoms with Gasteiger partial charge in [0.1, 0.15) is 5.75 Å². The van der Waals surface area contributed by atoms with Gasteiger partial charge in [-0.1, -0.05) is 42.5 Å². The summed E-state index contributed by atoms with van der Waals surface area (Å²) < 4.78 is 5.71. The molecule has 0 bridgehead atoms. The van der Waals surface area contributed by atoms with E-state index in [1.807, 2.05) is 6.07 Å². The molecule has 2 aromatic carbocycles. The zero-order valence-electron chi connectivity index (χ0n) is 13.0. The van der Waals surface area contributed by atoms with Gasteiger partial charge in [0, 0.05) is 6.54 Å². The highest BCUT2D eigenvalue weighted by atomic mass is 16.5. The Labute approximate surface area is 128 Å². The lowest BCUT2D eigenvalue weighted by Gasteiger charge is -2.11. The Balaban J connectivity index is 1.69. The van der Waals surface area contributed by atoms with Crippen LogP contribution >= 0.6 is 0 Å². The Hall–Kier alpha value is -1.80. The number of hydrogen-bond donors (Lipinski definition) is 1. The summed E-state index contributed by atoms with van der Waals surface area (Å²) >= 11 is 0.